The van der Waals surface area contributed by atoms with Crippen molar-refractivity contribution >= 4 is 44.5 Å². The van der Waals surface area contributed by atoms with Crippen LogP contribution in [0.4, 0.5) is 0 Å². The van der Waals surface area contributed by atoms with E-state index in [0.29, 0.717) is 0 Å². The van der Waals surface area contributed by atoms with E-state index in [2.05, 4.69) is 167 Å². The minimum Gasteiger partial charge on any atom is -0.245 e. The maximum Gasteiger partial charge on any atom is 0.0978 e. The summed E-state index contributed by atoms with van der Waals surface area (Å²) < 4.78 is 0. The number of thiophene rings is 2. The summed E-state index contributed by atoms with van der Waals surface area (Å²) in [5.74, 6) is 0. The summed E-state index contributed by atoms with van der Waals surface area (Å²) in [6.07, 6.45) is 0. The van der Waals surface area contributed by atoms with Gasteiger partial charge in [0.2, 0.25) is 0 Å². The van der Waals surface area contributed by atoms with Crippen molar-refractivity contribution in [1.29, 1.82) is 0 Å². The first kappa shape index (κ1) is 28.5. The zero-order valence-electron chi connectivity index (χ0n) is 25.9. The first-order valence-electron chi connectivity index (χ1n) is 15.9. The standard InChI is InChI=1S/C44H28N2S2/c1-3-7-29(8-4-1)31-11-15-33(16-12-31)39-25-41(35-21-23-47-27-35)45-43-37(39)19-20-38-40(26-42(46-44(38)43)36-22-24-48-28-36)34-17-13-32(14-18-34)30-9-5-2-6-10-30/h1-28H. The van der Waals surface area contributed by atoms with E-state index in [-0.39, 0.29) is 0 Å². The monoisotopic (exact) mass is 648 g/mol. The lowest BCUT2D eigenvalue weighted by molar-refractivity contribution is 1.37. The van der Waals surface area contributed by atoms with Crippen molar-refractivity contribution < 1.29 is 0 Å². The molecule has 0 aliphatic heterocycles. The van der Waals surface area contributed by atoms with E-state index < -0.39 is 0 Å². The molecule has 4 heterocycles. The molecule has 9 aromatic rings. The highest BCUT2D eigenvalue weighted by atomic mass is 32.1. The van der Waals surface area contributed by atoms with Crippen molar-refractivity contribution in [2.45, 2.75) is 0 Å². The van der Waals surface area contributed by atoms with Crippen molar-refractivity contribution in [2.75, 3.05) is 0 Å². The van der Waals surface area contributed by atoms with Gasteiger partial charge in [-0.3, -0.25) is 0 Å². The molecule has 0 spiro atoms. The van der Waals surface area contributed by atoms with Crippen LogP contribution in [0.25, 0.3) is 88.8 Å². The van der Waals surface area contributed by atoms with Crippen molar-refractivity contribution in [3.8, 4) is 67.0 Å². The first-order valence-corrected chi connectivity index (χ1v) is 17.8. The fourth-order valence-electron chi connectivity index (χ4n) is 6.51. The van der Waals surface area contributed by atoms with Gasteiger partial charge in [0.1, 0.15) is 0 Å². The van der Waals surface area contributed by atoms with Gasteiger partial charge in [-0.05, 0) is 79.5 Å². The van der Waals surface area contributed by atoms with Crippen LogP contribution in [0.3, 0.4) is 0 Å². The van der Waals surface area contributed by atoms with Crippen LogP contribution in [0, 0.1) is 0 Å². The Bertz CT molecular complexity index is 2320. The van der Waals surface area contributed by atoms with Gasteiger partial charge >= 0.3 is 0 Å². The van der Waals surface area contributed by atoms with Crippen LogP contribution >= 0.6 is 22.7 Å². The lowest BCUT2D eigenvalue weighted by Gasteiger charge is -2.15. The van der Waals surface area contributed by atoms with Gasteiger partial charge in [-0.1, -0.05) is 121 Å². The second-order valence-corrected chi connectivity index (χ2v) is 13.4. The Morgan fingerprint density at radius 2 is 0.708 bits per heavy atom. The summed E-state index contributed by atoms with van der Waals surface area (Å²) in [5, 5.41) is 10.8. The molecular weight excluding hydrogens is 621 g/mol. The maximum atomic E-state index is 5.35. The largest absolute Gasteiger partial charge is 0.245 e. The Balaban J connectivity index is 1.27. The molecule has 0 saturated carbocycles. The van der Waals surface area contributed by atoms with Gasteiger partial charge in [0.25, 0.3) is 0 Å². The van der Waals surface area contributed by atoms with Crippen molar-refractivity contribution in [3.05, 3.63) is 167 Å². The zero-order chi connectivity index (χ0) is 31.9. The summed E-state index contributed by atoms with van der Waals surface area (Å²) in [7, 11) is 0. The van der Waals surface area contributed by atoms with E-state index >= 15 is 0 Å². The minimum absolute atomic E-state index is 0.914. The molecule has 0 aliphatic rings. The Hall–Kier alpha value is -5.68. The van der Waals surface area contributed by atoms with Crippen molar-refractivity contribution in [2.24, 2.45) is 0 Å². The minimum atomic E-state index is 0.914. The number of benzene rings is 5. The van der Waals surface area contributed by atoms with Gasteiger partial charge in [-0.25, -0.2) is 9.97 Å². The average Bonchev–Trinajstić information content (AvgIpc) is 3.91. The van der Waals surface area contributed by atoms with Crippen LogP contribution in [0.1, 0.15) is 0 Å². The molecule has 2 nitrogen and oxygen atoms in total. The van der Waals surface area contributed by atoms with Crippen LogP contribution in [-0.2, 0) is 0 Å². The Kier molecular flexibility index (Phi) is 7.23. The normalized spacial score (nSPS) is 11.3. The third kappa shape index (κ3) is 5.22. The molecule has 0 radical (unpaired) electrons. The topological polar surface area (TPSA) is 25.8 Å². The van der Waals surface area contributed by atoms with Crippen molar-refractivity contribution in [3.63, 3.8) is 0 Å². The third-order valence-corrected chi connectivity index (χ3v) is 10.4. The van der Waals surface area contributed by atoms with Gasteiger partial charge < -0.3 is 0 Å². The summed E-state index contributed by atoms with van der Waals surface area (Å²) in [6.45, 7) is 0. The molecule has 5 aromatic carbocycles. The lowest BCUT2D eigenvalue weighted by Crippen LogP contribution is -1.95. The Labute approximate surface area is 287 Å². The molecule has 0 aliphatic carbocycles. The molecule has 226 valence electrons. The van der Waals surface area contributed by atoms with Crippen LogP contribution in [0.2, 0.25) is 0 Å². The second kappa shape index (κ2) is 12.2. The fourth-order valence-corrected chi connectivity index (χ4v) is 7.81. The molecule has 0 N–H and O–H groups in total. The van der Waals surface area contributed by atoms with E-state index in [9.17, 15) is 0 Å². The molecule has 4 heteroatoms. The Morgan fingerprint density at radius 1 is 0.333 bits per heavy atom. The number of nitrogens with zero attached hydrogens (tertiary/aromatic N) is 2. The van der Waals surface area contributed by atoms with E-state index in [1.54, 1.807) is 22.7 Å². The third-order valence-electron chi connectivity index (χ3n) is 9.00. The molecule has 0 saturated heterocycles. The van der Waals surface area contributed by atoms with Crippen LogP contribution in [0.15, 0.2) is 167 Å². The fraction of sp³-hybridized carbons (Fsp3) is 0. The number of hydrogen-bond donors (Lipinski definition) is 0. The van der Waals surface area contributed by atoms with E-state index in [1.165, 1.54) is 22.3 Å². The molecule has 48 heavy (non-hydrogen) atoms. The summed E-state index contributed by atoms with van der Waals surface area (Å²) >= 11 is 3.38. The van der Waals surface area contributed by atoms with Gasteiger partial charge in [0, 0.05) is 32.7 Å². The van der Waals surface area contributed by atoms with Crippen LogP contribution in [-0.4, -0.2) is 9.97 Å². The molecule has 9 rings (SSSR count). The molecule has 0 unspecified atom stereocenters. The highest BCUT2D eigenvalue weighted by molar-refractivity contribution is 7.08. The number of aromatic nitrogens is 2. The predicted molar refractivity (Wildman–Crippen MR) is 205 cm³/mol. The van der Waals surface area contributed by atoms with Crippen molar-refractivity contribution in [1.82, 2.24) is 9.97 Å². The molecule has 0 bridgehead atoms. The average molecular weight is 649 g/mol. The first-order chi connectivity index (χ1) is 23.8. The zero-order valence-corrected chi connectivity index (χ0v) is 27.5. The van der Waals surface area contributed by atoms with Crippen LogP contribution < -0.4 is 0 Å². The Morgan fingerprint density at radius 3 is 1.08 bits per heavy atom. The maximum absolute atomic E-state index is 5.35. The van der Waals surface area contributed by atoms with E-state index in [1.807, 2.05) is 0 Å². The highest BCUT2D eigenvalue weighted by Crippen LogP contribution is 2.40. The molecular formula is C44H28N2S2. The van der Waals surface area contributed by atoms with E-state index in [4.69, 9.17) is 9.97 Å². The van der Waals surface area contributed by atoms with Crippen LogP contribution in [0.5, 0.6) is 0 Å². The van der Waals surface area contributed by atoms with Gasteiger partial charge in [-0.15, -0.1) is 0 Å². The van der Waals surface area contributed by atoms with Gasteiger partial charge in [0.05, 0.1) is 22.4 Å². The summed E-state index contributed by atoms with van der Waals surface area (Å²) in [4.78, 5) is 10.7. The number of rotatable bonds is 6. The number of fused-ring (bicyclic) bond motifs is 3. The van der Waals surface area contributed by atoms with Gasteiger partial charge in [-0.2, -0.15) is 22.7 Å². The van der Waals surface area contributed by atoms with Gasteiger partial charge in [0.15, 0.2) is 0 Å². The second-order valence-electron chi connectivity index (χ2n) is 11.9. The molecule has 4 aromatic heterocycles. The SMILES string of the molecule is c1ccc(-c2ccc(-c3cc(-c4ccsc4)nc4c3ccc3c(-c5ccc(-c6ccccc6)cc5)cc(-c5ccsc5)nc34)cc2)cc1. The number of pyridine rings is 2. The molecule has 0 atom stereocenters. The summed E-state index contributed by atoms with van der Waals surface area (Å²) in [5.41, 5.74) is 15.4. The quantitative estimate of drug-likeness (QED) is 0.168. The lowest BCUT2D eigenvalue weighted by atomic mass is 9.93. The highest BCUT2D eigenvalue weighted by Gasteiger charge is 2.18. The number of hydrogen-bond acceptors (Lipinski definition) is 4. The van der Waals surface area contributed by atoms with E-state index in [0.717, 1.165) is 66.6 Å². The smallest absolute Gasteiger partial charge is 0.0978 e. The summed E-state index contributed by atoms with van der Waals surface area (Å²) in [6, 6.07) is 52.1. The predicted octanol–water partition coefficient (Wildman–Crippen LogP) is 12.9. The molecule has 0 fully saturated rings. The molecule has 0 amide bonds.